The number of halogens is 1. The number of rotatable bonds is 2. The van der Waals surface area contributed by atoms with Crippen LogP contribution in [0, 0.1) is 6.57 Å². The molecular weight excluding hydrogens is 346 g/mol. The molecule has 0 spiro atoms. The average molecular weight is 356 g/mol. The largest absolute Gasteiger partial charge is 0.464 e. The second kappa shape index (κ2) is 5.62. The number of methoxy groups -OCH3 is 1. The lowest BCUT2D eigenvalue weighted by Crippen LogP contribution is -2.04. The Bertz CT molecular complexity index is 925. The number of carbonyl (C=O) groups is 1. The first-order valence-corrected chi connectivity index (χ1v) is 7.18. The smallest absolute Gasteiger partial charge is 0.359 e. The van der Waals surface area contributed by atoms with E-state index in [1.54, 1.807) is 22.9 Å². The summed E-state index contributed by atoms with van der Waals surface area (Å²) in [5.74, 6) is -0.505. The van der Waals surface area contributed by atoms with Crippen LogP contribution in [0.1, 0.15) is 10.5 Å². The van der Waals surface area contributed by atoms with Crippen LogP contribution in [0.4, 0.5) is 5.69 Å². The molecule has 6 heteroatoms. The van der Waals surface area contributed by atoms with Crippen molar-refractivity contribution in [2.75, 3.05) is 7.11 Å². The molecule has 3 rings (SSSR count). The van der Waals surface area contributed by atoms with E-state index in [9.17, 15) is 4.79 Å². The molecule has 1 aromatic heterocycles. The van der Waals surface area contributed by atoms with Gasteiger partial charge in [-0.25, -0.2) is 14.3 Å². The average Bonchev–Trinajstić information content (AvgIpc) is 2.92. The van der Waals surface area contributed by atoms with E-state index in [0.29, 0.717) is 16.6 Å². The highest BCUT2D eigenvalue weighted by molar-refractivity contribution is 9.10. The third-order valence-corrected chi connectivity index (χ3v) is 3.72. The van der Waals surface area contributed by atoms with Crippen molar-refractivity contribution < 1.29 is 9.53 Å². The lowest BCUT2D eigenvalue weighted by Gasteiger charge is -2.04. The molecule has 2 aromatic carbocycles. The van der Waals surface area contributed by atoms with Gasteiger partial charge in [0.1, 0.15) is 0 Å². The molecule has 0 aliphatic rings. The molecule has 108 valence electrons. The van der Waals surface area contributed by atoms with Gasteiger partial charge in [-0.2, -0.15) is 5.10 Å². The minimum absolute atomic E-state index is 0.231. The molecule has 0 aliphatic heterocycles. The fourth-order valence-corrected chi connectivity index (χ4v) is 2.61. The minimum atomic E-state index is -0.505. The number of fused-ring (bicyclic) bond motifs is 1. The molecule has 0 amide bonds. The fourth-order valence-electron chi connectivity index (χ4n) is 2.22. The molecule has 22 heavy (non-hydrogen) atoms. The first kappa shape index (κ1) is 14.3. The Morgan fingerprint density at radius 1 is 1.32 bits per heavy atom. The second-order valence-corrected chi connectivity index (χ2v) is 5.46. The van der Waals surface area contributed by atoms with Crippen molar-refractivity contribution in [1.29, 1.82) is 0 Å². The molecule has 5 nitrogen and oxygen atoms in total. The van der Waals surface area contributed by atoms with E-state index in [-0.39, 0.29) is 5.69 Å². The Kier molecular flexibility index (Phi) is 3.65. The summed E-state index contributed by atoms with van der Waals surface area (Å²) in [5, 5.41) is 5.02. The SMILES string of the molecule is [C-]#[N+]c1ccc2c(C(=O)OC)nn(-c3cccc(Br)c3)c2c1. The first-order chi connectivity index (χ1) is 10.6. The molecule has 0 saturated carbocycles. The van der Waals surface area contributed by atoms with Gasteiger partial charge >= 0.3 is 5.97 Å². The van der Waals surface area contributed by atoms with Gasteiger partial charge in [0.25, 0.3) is 0 Å². The molecular formula is C16H10BrN3O2. The summed E-state index contributed by atoms with van der Waals surface area (Å²) < 4.78 is 7.33. The summed E-state index contributed by atoms with van der Waals surface area (Å²) in [7, 11) is 1.32. The standard InChI is InChI=1S/C16H10BrN3O2/c1-18-11-6-7-13-14(9-11)20(19-15(13)16(21)22-2)12-5-3-4-10(17)8-12/h3-9H,2H3. The molecule has 0 aliphatic carbocycles. The van der Waals surface area contributed by atoms with Gasteiger partial charge in [-0.15, -0.1) is 0 Å². The summed E-state index contributed by atoms with van der Waals surface area (Å²) in [6.07, 6.45) is 0. The summed E-state index contributed by atoms with van der Waals surface area (Å²) >= 11 is 3.42. The van der Waals surface area contributed by atoms with Gasteiger partial charge in [-0.3, -0.25) is 0 Å². The zero-order valence-corrected chi connectivity index (χ0v) is 13.2. The van der Waals surface area contributed by atoms with E-state index in [2.05, 4.69) is 25.9 Å². The molecule has 0 saturated heterocycles. The Labute approximate surface area is 135 Å². The van der Waals surface area contributed by atoms with Crippen LogP contribution in [0.25, 0.3) is 21.4 Å². The predicted octanol–water partition coefficient (Wildman–Crippen LogP) is 4.13. The van der Waals surface area contributed by atoms with Crippen LogP contribution in [-0.2, 0) is 4.74 Å². The molecule has 0 fully saturated rings. The summed E-state index contributed by atoms with van der Waals surface area (Å²) in [4.78, 5) is 15.4. The zero-order valence-electron chi connectivity index (χ0n) is 11.6. The molecule has 0 radical (unpaired) electrons. The number of esters is 1. The quantitative estimate of drug-likeness (QED) is 0.513. The third kappa shape index (κ3) is 2.36. The number of hydrogen-bond donors (Lipinski definition) is 0. The van der Waals surface area contributed by atoms with Crippen molar-refractivity contribution in [1.82, 2.24) is 9.78 Å². The first-order valence-electron chi connectivity index (χ1n) is 6.38. The zero-order chi connectivity index (χ0) is 15.7. The Balaban J connectivity index is 2.33. The van der Waals surface area contributed by atoms with Crippen LogP contribution in [0.15, 0.2) is 46.9 Å². The monoisotopic (exact) mass is 355 g/mol. The maximum atomic E-state index is 11.9. The number of nitrogens with zero attached hydrogens (tertiary/aromatic N) is 3. The van der Waals surface area contributed by atoms with Crippen LogP contribution >= 0.6 is 15.9 Å². The van der Waals surface area contributed by atoms with E-state index in [1.807, 2.05) is 24.3 Å². The number of aromatic nitrogens is 2. The number of ether oxygens (including phenoxy) is 1. The van der Waals surface area contributed by atoms with Crippen LogP contribution in [-0.4, -0.2) is 22.9 Å². The van der Waals surface area contributed by atoms with Crippen molar-refractivity contribution in [2.45, 2.75) is 0 Å². The summed E-state index contributed by atoms with van der Waals surface area (Å²) in [6.45, 7) is 7.15. The lowest BCUT2D eigenvalue weighted by atomic mass is 10.2. The topological polar surface area (TPSA) is 48.5 Å². The molecule has 0 N–H and O–H groups in total. The molecule has 1 heterocycles. The van der Waals surface area contributed by atoms with Gasteiger partial charge in [0, 0.05) is 9.86 Å². The minimum Gasteiger partial charge on any atom is -0.464 e. The highest BCUT2D eigenvalue weighted by Gasteiger charge is 2.18. The van der Waals surface area contributed by atoms with E-state index in [0.717, 1.165) is 10.2 Å². The van der Waals surface area contributed by atoms with Gasteiger partial charge in [0.05, 0.1) is 24.9 Å². The van der Waals surface area contributed by atoms with Crippen molar-refractivity contribution in [3.63, 3.8) is 0 Å². The second-order valence-electron chi connectivity index (χ2n) is 4.55. The Hall–Kier alpha value is -2.65. The maximum absolute atomic E-state index is 11.9. The van der Waals surface area contributed by atoms with Crippen molar-refractivity contribution in [3.05, 3.63) is 64.0 Å². The van der Waals surface area contributed by atoms with Crippen LogP contribution in [0.3, 0.4) is 0 Å². The van der Waals surface area contributed by atoms with Gasteiger partial charge < -0.3 is 4.74 Å². The van der Waals surface area contributed by atoms with E-state index in [4.69, 9.17) is 11.3 Å². The fraction of sp³-hybridized carbons (Fsp3) is 0.0625. The molecule has 0 unspecified atom stereocenters. The Morgan fingerprint density at radius 3 is 2.82 bits per heavy atom. The Morgan fingerprint density at radius 2 is 2.14 bits per heavy atom. The number of carbonyl (C=O) groups excluding carboxylic acids is 1. The summed E-state index contributed by atoms with van der Waals surface area (Å²) in [6, 6.07) is 12.6. The maximum Gasteiger partial charge on any atom is 0.359 e. The van der Waals surface area contributed by atoms with E-state index in [1.165, 1.54) is 7.11 Å². The van der Waals surface area contributed by atoms with Crippen LogP contribution < -0.4 is 0 Å². The highest BCUT2D eigenvalue weighted by Crippen LogP contribution is 2.27. The predicted molar refractivity (Wildman–Crippen MR) is 86.4 cm³/mol. The van der Waals surface area contributed by atoms with Crippen molar-refractivity contribution >= 4 is 38.5 Å². The van der Waals surface area contributed by atoms with Crippen molar-refractivity contribution in [3.8, 4) is 5.69 Å². The van der Waals surface area contributed by atoms with E-state index >= 15 is 0 Å². The van der Waals surface area contributed by atoms with Crippen LogP contribution in [0.5, 0.6) is 0 Å². The highest BCUT2D eigenvalue weighted by atomic mass is 79.9. The molecule has 0 bridgehead atoms. The summed E-state index contributed by atoms with van der Waals surface area (Å²) in [5.41, 5.74) is 2.19. The van der Waals surface area contributed by atoms with Gasteiger partial charge in [-0.05, 0) is 24.3 Å². The van der Waals surface area contributed by atoms with Gasteiger partial charge in [0.15, 0.2) is 11.4 Å². The lowest BCUT2D eigenvalue weighted by molar-refractivity contribution is 0.0595. The number of benzene rings is 2. The van der Waals surface area contributed by atoms with Crippen molar-refractivity contribution in [2.24, 2.45) is 0 Å². The van der Waals surface area contributed by atoms with Gasteiger partial charge in [-0.1, -0.05) is 34.1 Å². The molecule has 0 atom stereocenters. The van der Waals surface area contributed by atoms with E-state index < -0.39 is 5.97 Å². The molecule has 3 aromatic rings. The van der Waals surface area contributed by atoms with Gasteiger partial charge in [0.2, 0.25) is 0 Å². The number of hydrogen-bond acceptors (Lipinski definition) is 3. The van der Waals surface area contributed by atoms with Crippen LogP contribution in [0.2, 0.25) is 0 Å². The third-order valence-electron chi connectivity index (χ3n) is 3.23. The normalized spacial score (nSPS) is 10.4.